The third-order valence-electron chi connectivity index (χ3n) is 13.1. The molecule has 0 atom stereocenters. The molecule has 2 aliphatic carbocycles. The molecule has 1 heteroatoms. The lowest BCUT2D eigenvalue weighted by atomic mass is 9.67. The van der Waals surface area contributed by atoms with Crippen LogP contribution >= 0.6 is 0 Å². The summed E-state index contributed by atoms with van der Waals surface area (Å²) in [6.07, 6.45) is 0. The van der Waals surface area contributed by atoms with Gasteiger partial charge in [-0.3, -0.25) is 0 Å². The molecule has 0 aromatic heterocycles. The molecule has 9 aromatic carbocycles. The van der Waals surface area contributed by atoms with Gasteiger partial charge >= 0.3 is 0 Å². The van der Waals surface area contributed by atoms with Crippen molar-refractivity contribution in [2.75, 3.05) is 4.90 Å². The van der Waals surface area contributed by atoms with Crippen molar-refractivity contribution in [2.45, 2.75) is 31.2 Å². The van der Waals surface area contributed by atoms with Crippen LogP contribution in [0.4, 0.5) is 11.4 Å². The average molecular weight is 742 g/mol. The zero-order valence-electron chi connectivity index (χ0n) is 32.9. The molecule has 0 spiro atoms. The van der Waals surface area contributed by atoms with Crippen LogP contribution in [0.25, 0.3) is 44.2 Å². The van der Waals surface area contributed by atoms with Crippen molar-refractivity contribution in [3.8, 4) is 33.4 Å². The summed E-state index contributed by atoms with van der Waals surface area (Å²) in [5.74, 6) is 0. The number of benzene rings is 9. The van der Waals surface area contributed by atoms with E-state index in [1.54, 1.807) is 0 Å². The highest BCUT2D eigenvalue weighted by molar-refractivity contribution is 5.90. The van der Waals surface area contributed by atoms with Gasteiger partial charge in [-0.1, -0.05) is 196 Å². The summed E-state index contributed by atoms with van der Waals surface area (Å²) < 4.78 is 0. The van der Waals surface area contributed by atoms with Crippen LogP contribution in [0, 0.1) is 0 Å². The minimum Gasteiger partial charge on any atom is -0.337 e. The average Bonchev–Trinajstić information content (AvgIpc) is 3.71. The molecule has 0 radical (unpaired) electrons. The van der Waals surface area contributed by atoms with Crippen molar-refractivity contribution in [1.82, 2.24) is 0 Å². The van der Waals surface area contributed by atoms with Crippen molar-refractivity contribution in [1.29, 1.82) is 0 Å². The Kier molecular flexibility index (Phi) is 7.88. The zero-order chi connectivity index (χ0) is 38.8. The fraction of sp³-hybridized carbons (Fsp3) is 0.0877. The minimum absolute atomic E-state index is 0.102. The molecule has 0 saturated heterocycles. The fourth-order valence-electron chi connectivity index (χ4n) is 10.3. The molecular formula is C57H43N. The predicted molar refractivity (Wildman–Crippen MR) is 243 cm³/mol. The van der Waals surface area contributed by atoms with Crippen LogP contribution in [-0.4, -0.2) is 0 Å². The van der Waals surface area contributed by atoms with Gasteiger partial charge in [0.15, 0.2) is 0 Å². The highest BCUT2D eigenvalue weighted by atomic mass is 15.1. The van der Waals surface area contributed by atoms with Gasteiger partial charge in [-0.2, -0.15) is 0 Å². The predicted octanol–water partition coefficient (Wildman–Crippen LogP) is 14.5. The van der Waals surface area contributed by atoms with Gasteiger partial charge in [-0.15, -0.1) is 0 Å². The number of anilines is 2. The van der Waals surface area contributed by atoms with E-state index >= 15 is 0 Å². The molecule has 0 bridgehead atoms. The van der Waals surface area contributed by atoms with Crippen molar-refractivity contribution in [2.24, 2.45) is 0 Å². The molecule has 0 N–H and O–H groups in total. The molecule has 276 valence electrons. The molecule has 0 heterocycles. The van der Waals surface area contributed by atoms with Crippen LogP contribution < -0.4 is 4.90 Å². The van der Waals surface area contributed by atoms with Crippen molar-refractivity contribution < 1.29 is 0 Å². The van der Waals surface area contributed by atoms with Gasteiger partial charge < -0.3 is 4.90 Å². The number of hydrogen-bond acceptors (Lipinski definition) is 1. The lowest BCUT2D eigenvalue weighted by Gasteiger charge is -2.35. The Balaban J connectivity index is 1.10. The molecule has 0 unspecified atom stereocenters. The highest BCUT2D eigenvalue weighted by Crippen LogP contribution is 2.57. The Morgan fingerprint density at radius 3 is 1.59 bits per heavy atom. The monoisotopic (exact) mass is 741 g/mol. The van der Waals surface area contributed by atoms with E-state index in [1.807, 2.05) is 0 Å². The van der Waals surface area contributed by atoms with Gasteiger partial charge in [0.25, 0.3) is 0 Å². The van der Waals surface area contributed by atoms with Gasteiger partial charge in [-0.05, 0) is 113 Å². The first-order chi connectivity index (χ1) is 28.5. The van der Waals surface area contributed by atoms with E-state index in [0.717, 1.165) is 12.2 Å². The molecule has 9 aromatic rings. The van der Waals surface area contributed by atoms with Crippen LogP contribution in [0.1, 0.15) is 52.8 Å². The SMILES string of the molecule is CC1(C)c2ccccc2-c2ccc(N(Cc3ccccc3-c3ccccc3)c3ccc(C4(c5ccc6ccccc6c5)c5ccccc5-c5ccccc54)cc3)cc21. The van der Waals surface area contributed by atoms with Crippen molar-refractivity contribution in [3.05, 3.63) is 251 Å². The van der Waals surface area contributed by atoms with E-state index in [0.29, 0.717) is 0 Å². The quantitative estimate of drug-likeness (QED) is 0.157. The first-order valence-electron chi connectivity index (χ1n) is 20.5. The molecule has 0 aliphatic heterocycles. The van der Waals surface area contributed by atoms with Gasteiger partial charge in [0, 0.05) is 23.3 Å². The molecule has 0 amide bonds. The largest absolute Gasteiger partial charge is 0.337 e. The van der Waals surface area contributed by atoms with E-state index in [9.17, 15) is 0 Å². The van der Waals surface area contributed by atoms with Crippen LogP contribution in [0.15, 0.2) is 212 Å². The molecule has 0 saturated carbocycles. The third-order valence-corrected chi connectivity index (χ3v) is 13.1. The van der Waals surface area contributed by atoms with Gasteiger partial charge in [0.05, 0.1) is 5.41 Å². The van der Waals surface area contributed by atoms with Gasteiger partial charge in [0.2, 0.25) is 0 Å². The second-order valence-electron chi connectivity index (χ2n) is 16.5. The smallest absolute Gasteiger partial charge is 0.0713 e. The van der Waals surface area contributed by atoms with Crippen LogP contribution in [0.5, 0.6) is 0 Å². The maximum atomic E-state index is 2.52. The zero-order valence-corrected chi connectivity index (χ0v) is 32.9. The summed E-state index contributed by atoms with van der Waals surface area (Å²) in [7, 11) is 0. The molecule has 0 fully saturated rings. The number of nitrogens with zero attached hydrogens (tertiary/aromatic N) is 1. The third kappa shape index (κ3) is 5.16. The van der Waals surface area contributed by atoms with E-state index in [-0.39, 0.29) is 5.41 Å². The Morgan fingerprint density at radius 1 is 0.362 bits per heavy atom. The Labute approximate surface area is 341 Å². The van der Waals surface area contributed by atoms with Crippen LogP contribution in [-0.2, 0) is 17.4 Å². The van der Waals surface area contributed by atoms with Gasteiger partial charge in [-0.25, -0.2) is 0 Å². The summed E-state index contributed by atoms with van der Waals surface area (Å²) in [6, 6.07) is 79.1. The first kappa shape index (κ1) is 34.3. The van der Waals surface area contributed by atoms with Crippen molar-refractivity contribution in [3.63, 3.8) is 0 Å². The number of rotatable bonds is 7. The lowest BCUT2D eigenvalue weighted by Crippen LogP contribution is -2.28. The van der Waals surface area contributed by atoms with E-state index in [4.69, 9.17) is 0 Å². The van der Waals surface area contributed by atoms with E-state index < -0.39 is 5.41 Å². The summed E-state index contributed by atoms with van der Waals surface area (Å²) in [5.41, 5.74) is 18.8. The van der Waals surface area contributed by atoms with Crippen LogP contribution in [0.2, 0.25) is 0 Å². The Bertz CT molecular complexity index is 2960. The molecule has 58 heavy (non-hydrogen) atoms. The second-order valence-corrected chi connectivity index (χ2v) is 16.5. The number of fused-ring (bicyclic) bond motifs is 7. The summed E-state index contributed by atoms with van der Waals surface area (Å²) in [5, 5.41) is 2.51. The second kappa shape index (κ2) is 13.3. The molecule has 2 aliphatic rings. The topological polar surface area (TPSA) is 3.24 Å². The fourth-order valence-corrected chi connectivity index (χ4v) is 10.3. The van der Waals surface area contributed by atoms with E-state index in [2.05, 4.69) is 231 Å². The summed E-state index contributed by atoms with van der Waals surface area (Å²) >= 11 is 0. The highest BCUT2D eigenvalue weighted by Gasteiger charge is 2.46. The lowest BCUT2D eigenvalue weighted by molar-refractivity contribution is 0.660. The van der Waals surface area contributed by atoms with Gasteiger partial charge in [0.1, 0.15) is 0 Å². The summed E-state index contributed by atoms with van der Waals surface area (Å²) in [4.78, 5) is 2.52. The van der Waals surface area contributed by atoms with Crippen molar-refractivity contribution >= 4 is 22.1 Å². The summed E-state index contributed by atoms with van der Waals surface area (Å²) in [6.45, 7) is 5.46. The Hall–Kier alpha value is -6.96. The van der Waals surface area contributed by atoms with Crippen LogP contribution in [0.3, 0.4) is 0 Å². The van der Waals surface area contributed by atoms with E-state index in [1.165, 1.54) is 88.8 Å². The maximum Gasteiger partial charge on any atom is 0.0713 e. The normalized spacial score (nSPS) is 14.0. The molecule has 1 nitrogen and oxygen atoms in total. The molecule has 11 rings (SSSR count). The first-order valence-corrected chi connectivity index (χ1v) is 20.5. The number of hydrogen-bond donors (Lipinski definition) is 0. The molecular weight excluding hydrogens is 699 g/mol. The Morgan fingerprint density at radius 2 is 0.879 bits per heavy atom. The standard InChI is InChI=1S/C57H43N/c1-56(2)52-25-13-10-22-48(52)51-35-34-46(37-55(51)56)58(38-42-20-8-9-21-47(42)40-17-4-3-5-18-40)45-32-30-43(31-33-45)57(44-29-28-39-16-6-7-19-41(39)36-44)53-26-14-11-23-49(53)50-24-12-15-27-54(50)57/h3-37H,38H2,1-2H3. The minimum atomic E-state index is -0.482. The maximum absolute atomic E-state index is 2.52.